The molecule has 4 aliphatic carbocycles. The predicted octanol–water partition coefficient (Wildman–Crippen LogP) is 28.2. The van der Waals surface area contributed by atoms with Crippen molar-refractivity contribution in [3.05, 3.63) is 347 Å². The minimum absolute atomic E-state index is 0.0258. The lowest BCUT2D eigenvalue weighted by atomic mass is 9.79. The van der Waals surface area contributed by atoms with Crippen LogP contribution in [0.5, 0.6) is 0 Å². The zero-order valence-electron chi connectivity index (χ0n) is 61.2. The van der Waals surface area contributed by atoms with Crippen LogP contribution in [-0.4, -0.2) is 0 Å². The van der Waals surface area contributed by atoms with E-state index >= 15 is 0 Å². The second-order valence-electron chi connectivity index (χ2n) is 33.3. The highest BCUT2D eigenvalue weighted by Gasteiger charge is 2.41. The minimum Gasteiger partial charge on any atom is -0.310 e. The smallest absolute Gasteiger partial charge is 0.0468 e. The molecule has 0 amide bonds. The van der Waals surface area contributed by atoms with Gasteiger partial charge in [-0.15, -0.1) is 0 Å². The topological polar surface area (TPSA) is 6.48 Å². The first-order valence-corrected chi connectivity index (χ1v) is 37.3. The number of nitrogens with zero attached hydrogens (tertiary/aromatic N) is 2. The molecule has 0 N–H and O–H groups in total. The molecule has 0 atom stereocenters. The van der Waals surface area contributed by atoms with Gasteiger partial charge in [0, 0.05) is 55.8 Å². The summed E-state index contributed by atoms with van der Waals surface area (Å²) in [6.07, 6.45) is 0. The highest BCUT2D eigenvalue weighted by atomic mass is 15.1. The molecule has 0 unspecified atom stereocenters. The molecule has 0 aliphatic heterocycles. The number of anilines is 6. The number of hydrogen-bond donors (Lipinski definition) is 0. The molecule has 20 rings (SSSR count). The van der Waals surface area contributed by atoms with Crippen molar-refractivity contribution in [3.63, 3.8) is 0 Å². The SMILES string of the molecule is CC(C)(C)c1ccc(N(c2ccc3c(c2)C(C)(C)c2ccccc2-3)c2ccc3c(-c4ccc5c(c4)C(C)(C)c4cc6ccccc6cc4-5)c4cc(N(c5ccc6c(c5)C(C)(C)c5ccccc5-6)c5ccc6ccccc6c5)ccc4c(-c4ccc5c(c4)C(C)(C)c4cc6ccccc6cc4-5)c3c2)cc1. The molecule has 0 spiro atoms. The van der Waals surface area contributed by atoms with Crippen molar-refractivity contribution in [2.45, 2.75) is 103 Å². The summed E-state index contributed by atoms with van der Waals surface area (Å²) in [7, 11) is 0. The Hall–Kier alpha value is -11.6. The highest BCUT2D eigenvalue weighted by molar-refractivity contribution is 6.23. The summed E-state index contributed by atoms with van der Waals surface area (Å²) in [5.41, 5.74) is 33.2. The Morgan fingerprint density at radius 1 is 0.212 bits per heavy atom. The van der Waals surface area contributed by atoms with E-state index < -0.39 is 0 Å². The molecule has 500 valence electrons. The fraction of sp³-hybridized carbons (Fsp3) is 0.157. The highest BCUT2D eigenvalue weighted by Crippen LogP contribution is 2.58. The maximum atomic E-state index is 2.57. The molecule has 0 fully saturated rings. The summed E-state index contributed by atoms with van der Waals surface area (Å²) in [6.45, 7) is 26.3. The van der Waals surface area contributed by atoms with E-state index in [0.717, 1.165) is 34.1 Å². The van der Waals surface area contributed by atoms with Crippen molar-refractivity contribution in [2.24, 2.45) is 0 Å². The van der Waals surface area contributed by atoms with Gasteiger partial charge < -0.3 is 9.80 Å². The summed E-state index contributed by atoms with van der Waals surface area (Å²) in [4.78, 5) is 5.07. The normalized spacial score (nSPS) is 15.0. The molecule has 0 radical (unpaired) electrons. The molecule has 2 nitrogen and oxygen atoms in total. The van der Waals surface area contributed by atoms with Crippen molar-refractivity contribution in [1.29, 1.82) is 0 Å². The number of rotatable bonds is 8. The van der Waals surface area contributed by atoms with Crippen LogP contribution in [0.2, 0.25) is 0 Å². The van der Waals surface area contributed by atoms with Gasteiger partial charge in [0.15, 0.2) is 0 Å². The van der Waals surface area contributed by atoms with Gasteiger partial charge in [0.2, 0.25) is 0 Å². The fourth-order valence-electron chi connectivity index (χ4n) is 19.2. The zero-order valence-corrected chi connectivity index (χ0v) is 61.2. The molecule has 16 aromatic carbocycles. The number of fused-ring (bicyclic) bond motifs is 17. The number of benzene rings is 16. The third-order valence-corrected chi connectivity index (χ3v) is 24.9. The molecular formula is C102H82N2. The lowest BCUT2D eigenvalue weighted by Crippen LogP contribution is -2.17. The van der Waals surface area contributed by atoms with E-state index in [2.05, 4.69) is 383 Å². The van der Waals surface area contributed by atoms with Crippen LogP contribution in [0.25, 0.3) is 121 Å². The maximum Gasteiger partial charge on any atom is 0.0468 e. The van der Waals surface area contributed by atoms with E-state index in [1.165, 1.54) is 171 Å². The molecular weight excluding hydrogens is 1250 g/mol. The third kappa shape index (κ3) is 9.06. The quantitative estimate of drug-likeness (QED) is 0.140. The Morgan fingerprint density at radius 2 is 0.519 bits per heavy atom. The Labute approximate surface area is 611 Å². The van der Waals surface area contributed by atoms with E-state index in [4.69, 9.17) is 0 Å². The minimum atomic E-state index is -0.280. The van der Waals surface area contributed by atoms with Crippen LogP contribution in [0.4, 0.5) is 34.1 Å². The zero-order chi connectivity index (χ0) is 70.7. The van der Waals surface area contributed by atoms with Crippen molar-refractivity contribution in [1.82, 2.24) is 0 Å². The van der Waals surface area contributed by atoms with Crippen LogP contribution < -0.4 is 9.80 Å². The molecule has 0 saturated heterocycles. The third-order valence-electron chi connectivity index (χ3n) is 24.9. The molecule has 16 aromatic rings. The van der Waals surface area contributed by atoms with Gasteiger partial charge in [-0.25, -0.2) is 0 Å². The maximum absolute atomic E-state index is 2.57. The Bertz CT molecular complexity index is 6400. The van der Waals surface area contributed by atoms with Gasteiger partial charge in [0.1, 0.15) is 0 Å². The first-order valence-electron chi connectivity index (χ1n) is 37.3. The second-order valence-corrected chi connectivity index (χ2v) is 33.3. The van der Waals surface area contributed by atoms with Crippen LogP contribution in [0.1, 0.15) is 126 Å². The first kappa shape index (κ1) is 62.2. The van der Waals surface area contributed by atoms with Crippen LogP contribution in [0.3, 0.4) is 0 Å². The van der Waals surface area contributed by atoms with E-state index in [0.29, 0.717) is 0 Å². The molecule has 4 aliphatic rings. The average molecular weight is 1340 g/mol. The fourth-order valence-corrected chi connectivity index (χ4v) is 19.2. The summed E-state index contributed by atoms with van der Waals surface area (Å²) in [5, 5.41) is 12.3. The standard InChI is InChI=1S/C102H82N2/c1-98(2,3)69-35-38-70(39-36-69)103(74-40-46-78-76-28-18-20-30-88(76)99(4,5)94(78)59-74)72-42-48-82-86(57-72)96(67-33-44-80-84-51-63-24-14-16-26-65(63)53-92(84)101(8,9)90(80)55-67)83-49-43-73(58-87(83)97(82)68-34-45-81-85-52-64-25-15-17-27-66(64)54-93(85)102(10,11)91(81)56-68)104(71-37-32-61-22-12-13-23-62(61)50-71)75-41-47-79-77-29-19-21-31-89(77)100(6,7)95(79)60-75/h12-60H,1-11H3. The van der Waals surface area contributed by atoms with Gasteiger partial charge in [-0.05, 0) is 285 Å². The molecule has 0 heterocycles. The summed E-state index contributed by atoms with van der Waals surface area (Å²) < 4.78 is 0. The molecule has 104 heavy (non-hydrogen) atoms. The van der Waals surface area contributed by atoms with Crippen molar-refractivity contribution in [2.75, 3.05) is 9.80 Å². The number of hydrogen-bond acceptors (Lipinski definition) is 2. The summed E-state index contributed by atoms with van der Waals surface area (Å²) >= 11 is 0. The van der Waals surface area contributed by atoms with E-state index in [1.807, 2.05) is 0 Å². The van der Waals surface area contributed by atoms with E-state index in [1.54, 1.807) is 0 Å². The Balaban J connectivity index is 0.886. The summed E-state index contributed by atoms with van der Waals surface area (Å²) in [5.74, 6) is 0. The predicted molar refractivity (Wildman–Crippen MR) is 443 cm³/mol. The van der Waals surface area contributed by atoms with Crippen molar-refractivity contribution in [3.8, 4) is 66.8 Å². The lowest BCUT2D eigenvalue weighted by Gasteiger charge is -2.30. The Morgan fingerprint density at radius 3 is 0.981 bits per heavy atom. The van der Waals surface area contributed by atoms with Gasteiger partial charge in [0.25, 0.3) is 0 Å². The van der Waals surface area contributed by atoms with Crippen molar-refractivity contribution >= 4 is 88.0 Å². The van der Waals surface area contributed by atoms with Crippen LogP contribution in [-0.2, 0) is 27.1 Å². The molecule has 0 aromatic heterocycles. The van der Waals surface area contributed by atoms with Crippen LogP contribution in [0.15, 0.2) is 297 Å². The van der Waals surface area contributed by atoms with E-state index in [-0.39, 0.29) is 27.1 Å². The summed E-state index contributed by atoms with van der Waals surface area (Å²) in [6, 6.07) is 115. The van der Waals surface area contributed by atoms with Gasteiger partial charge in [-0.3, -0.25) is 0 Å². The van der Waals surface area contributed by atoms with E-state index in [9.17, 15) is 0 Å². The monoisotopic (exact) mass is 1330 g/mol. The lowest BCUT2D eigenvalue weighted by molar-refractivity contribution is 0.590. The average Bonchev–Trinajstić information content (AvgIpc) is 1.31. The van der Waals surface area contributed by atoms with Gasteiger partial charge in [0.05, 0.1) is 0 Å². The van der Waals surface area contributed by atoms with Gasteiger partial charge in [-0.2, -0.15) is 0 Å². The van der Waals surface area contributed by atoms with Crippen LogP contribution in [0, 0.1) is 0 Å². The molecule has 0 saturated carbocycles. The van der Waals surface area contributed by atoms with Gasteiger partial charge in [-0.1, -0.05) is 264 Å². The molecule has 2 heteroatoms. The van der Waals surface area contributed by atoms with Crippen LogP contribution >= 0.6 is 0 Å². The Kier molecular flexibility index (Phi) is 13.1. The largest absolute Gasteiger partial charge is 0.310 e. The molecule has 0 bridgehead atoms. The second kappa shape index (κ2) is 22.0. The van der Waals surface area contributed by atoms with Crippen molar-refractivity contribution < 1.29 is 0 Å². The van der Waals surface area contributed by atoms with Gasteiger partial charge >= 0.3 is 0 Å². The first-order chi connectivity index (χ1) is 50.2.